The second kappa shape index (κ2) is 4.48. The van der Waals surface area contributed by atoms with Crippen molar-refractivity contribution in [3.63, 3.8) is 0 Å². The van der Waals surface area contributed by atoms with Gasteiger partial charge in [0.05, 0.1) is 11.6 Å². The number of fused-ring (bicyclic) bond motifs is 3. The fourth-order valence-electron chi connectivity index (χ4n) is 3.57. The number of benzene rings is 1. The van der Waals surface area contributed by atoms with Crippen LogP contribution in [0.1, 0.15) is 18.4 Å². The zero-order chi connectivity index (χ0) is 12.8. The normalized spacial score (nSPS) is 38.7. The van der Waals surface area contributed by atoms with Crippen molar-refractivity contribution in [1.82, 2.24) is 4.90 Å². The van der Waals surface area contributed by atoms with E-state index in [2.05, 4.69) is 39.5 Å². The minimum Gasteiger partial charge on any atom is -0.390 e. The zero-order valence-electron chi connectivity index (χ0n) is 10.3. The van der Waals surface area contributed by atoms with E-state index in [0.29, 0.717) is 5.92 Å². The third-order valence-corrected chi connectivity index (χ3v) is 5.11. The first-order chi connectivity index (χ1) is 8.68. The van der Waals surface area contributed by atoms with Crippen molar-refractivity contribution < 1.29 is 5.11 Å². The summed E-state index contributed by atoms with van der Waals surface area (Å²) in [5.41, 5.74) is 0.764. The summed E-state index contributed by atoms with van der Waals surface area (Å²) < 4.78 is 1.07. The van der Waals surface area contributed by atoms with E-state index in [9.17, 15) is 5.11 Å². The number of nitrogens with zero attached hydrogens (tertiary/aromatic N) is 1. The molecule has 18 heavy (non-hydrogen) atoms. The van der Waals surface area contributed by atoms with Crippen molar-refractivity contribution in [2.45, 2.75) is 24.5 Å². The summed E-state index contributed by atoms with van der Waals surface area (Å²) in [4.78, 5) is 2.38. The summed E-state index contributed by atoms with van der Waals surface area (Å²) in [6.07, 6.45) is 3.81. The molecular weight excluding hydrogens is 290 g/mol. The van der Waals surface area contributed by atoms with Gasteiger partial charge in [-0.25, -0.2) is 0 Å². The van der Waals surface area contributed by atoms with Crippen LogP contribution >= 0.6 is 15.9 Å². The van der Waals surface area contributed by atoms with E-state index in [-0.39, 0.29) is 11.6 Å². The lowest BCUT2D eigenvalue weighted by Gasteiger charge is -2.56. The summed E-state index contributed by atoms with van der Waals surface area (Å²) >= 11 is 3.46. The molecule has 0 saturated carbocycles. The molecule has 3 aliphatic heterocycles. The first-order valence-corrected chi connectivity index (χ1v) is 7.30. The lowest BCUT2D eigenvalue weighted by atomic mass is 9.68. The van der Waals surface area contributed by atoms with Gasteiger partial charge in [0.15, 0.2) is 0 Å². The third-order valence-electron chi connectivity index (χ3n) is 4.58. The van der Waals surface area contributed by atoms with Crippen LogP contribution < -0.4 is 0 Å². The first kappa shape index (κ1) is 12.4. The second-order valence-corrected chi connectivity index (χ2v) is 6.22. The molecule has 3 fully saturated rings. The average molecular weight is 308 g/mol. The van der Waals surface area contributed by atoms with Crippen LogP contribution in [0.3, 0.4) is 0 Å². The number of piperidine rings is 3. The van der Waals surface area contributed by atoms with E-state index in [1.807, 2.05) is 18.2 Å². The number of aliphatic hydroxyl groups is 1. The van der Waals surface area contributed by atoms with E-state index in [0.717, 1.165) is 36.0 Å². The molecule has 0 aliphatic carbocycles. The number of halogens is 1. The molecule has 3 heterocycles. The smallest absolute Gasteiger partial charge is 0.0909 e. The molecule has 2 bridgehead atoms. The van der Waals surface area contributed by atoms with Gasteiger partial charge in [0, 0.05) is 4.47 Å². The monoisotopic (exact) mass is 307 g/mol. The maximum atomic E-state index is 10.7. The maximum absolute atomic E-state index is 10.7. The molecule has 1 aromatic rings. The summed E-state index contributed by atoms with van der Waals surface area (Å²) in [6.45, 7) is 6.13. The zero-order valence-corrected chi connectivity index (χ0v) is 11.9. The largest absolute Gasteiger partial charge is 0.390 e. The fraction of sp³-hybridized carbons (Fsp3) is 0.467. The van der Waals surface area contributed by atoms with Crippen LogP contribution in [0.2, 0.25) is 0 Å². The van der Waals surface area contributed by atoms with Crippen LogP contribution in [0.15, 0.2) is 41.4 Å². The molecule has 0 spiro atoms. The Morgan fingerprint density at radius 3 is 2.39 bits per heavy atom. The van der Waals surface area contributed by atoms with Gasteiger partial charge in [-0.1, -0.05) is 34.1 Å². The van der Waals surface area contributed by atoms with Crippen molar-refractivity contribution in [3.05, 3.63) is 47.0 Å². The standard InChI is InChI=1S/C15H18BrNO/c1-2-15(12-3-5-13(16)6-4-12)14(18)11-7-9-17(15)10-8-11/h2-6,11,14,18H,1,7-10H2. The van der Waals surface area contributed by atoms with Gasteiger partial charge in [-0.3, -0.25) is 4.90 Å². The second-order valence-electron chi connectivity index (χ2n) is 5.31. The molecule has 0 amide bonds. The van der Waals surface area contributed by atoms with E-state index in [4.69, 9.17) is 0 Å². The van der Waals surface area contributed by atoms with Crippen LogP contribution in [0.25, 0.3) is 0 Å². The third kappa shape index (κ3) is 1.61. The summed E-state index contributed by atoms with van der Waals surface area (Å²) in [5.74, 6) is 0.414. The lowest BCUT2D eigenvalue weighted by Crippen LogP contribution is -2.64. The van der Waals surface area contributed by atoms with Crippen molar-refractivity contribution in [3.8, 4) is 0 Å². The van der Waals surface area contributed by atoms with Gasteiger partial charge < -0.3 is 5.11 Å². The van der Waals surface area contributed by atoms with Gasteiger partial charge in [-0.05, 0) is 49.5 Å². The Kier molecular flexibility index (Phi) is 3.08. The average Bonchev–Trinajstić information content (AvgIpc) is 2.42. The minimum atomic E-state index is -0.387. The minimum absolute atomic E-state index is 0.335. The topological polar surface area (TPSA) is 23.5 Å². The van der Waals surface area contributed by atoms with Crippen molar-refractivity contribution in [2.75, 3.05) is 13.1 Å². The van der Waals surface area contributed by atoms with Crippen LogP contribution in [-0.2, 0) is 5.54 Å². The molecule has 3 aliphatic rings. The summed E-state index contributed by atoms with van der Waals surface area (Å²) in [7, 11) is 0. The van der Waals surface area contributed by atoms with Gasteiger partial charge in [-0.15, -0.1) is 6.58 Å². The number of aliphatic hydroxyl groups excluding tert-OH is 1. The van der Waals surface area contributed by atoms with Gasteiger partial charge in [0.25, 0.3) is 0 Å². The highest BCUT2D eigenvalue weighted by atomic mass is 79.9. The molecule has 0 aromatic heterocycles. The Hall–Kier alpha value is -0.640. The lowest BCUT2D eigenvalue weighted by molar-refractivity contribution is -0.115. The quantitative estimate of drug-likeness (QED) is 0.849. The molecule has 96 valence electrons. The van der Waals surface area contributed by atoms with Crippen molar-refractivity contribution in [2.24, 2.45) is 5.92 Å². The molecule has 1 N–H and O–H groups in total. The first-order valence-electron chi connectivity index (χ1n) is 6.51. The molecule has 1 aromatic carbocycles. The Balaban J connectivity index is 2.09. The highest BCUT2D eigenvalue weighted by Crippen LogP contribution is 2.46. The molecular formula is C15H18BrNO. The Bertz CT molecular complexity index is 446. The molecule has 3 heteroatoms. The Morgan fingerprint density at radius 1 is 1.28 bits per heavy atom. The van der Waals surface area contributed by atoms with Crippen LogP contribution in [-0.4, -0.2) is 29.2 Å². The van der Waals surface area contributed by atoms with Gasteiger partial charge in [0.2, 0.25) is 0 Å². The molecule has 2 nitrogen and oxygen atoms in total. The van der Waals surface area contributed by atoms with Crippen LogP contribution in [0.5, 0.6) is 0 Å². The number of rotatable bonds is 2. The molecule has 4 rings (SSSR count). The van der Waals surface area contributed by atoms with Crippen molar-refractivity contribution >= 4 is 15.9 Å². The summed E-state index contributed by atoms with van der Waals surface area (Å²) in [5, 5.41) is 10.7. The van der Waals surface area contributed by atoms with Gasteiger partial charge in [0.1, 0.15) is 0 Å². The van der Waals surface area contributed by atoms with Crippen LogP contribution in [0.4, 0.5) is 0 Å². The Labute approximate surface area is 116 Å². The van der Waals surface area contributed by atoms with E-state index < -0.39 is 0 Å². The number of hydrogen-bond donors (Lipinski definition) is 1. The van der Waals surface area contributed by atoms with Crippen molar-refractivity contribution in [1.29, 1.82) is 0 Å². The maximum Gasteiger partial charge on any atom is 0.0909 e. The van der Waals surface area contributed by atoms with Crippen LogP contribution in [0, 0.1) is 5.92 Å². The highest BCUT2D eigenvalue weighted by molar-refractivity contribution is 9.10. The summed E-state index contributed by atoms with van der Waals surface area (Å²) in [6, 6.07) is 8.26. The fourth-order valence-corrected chi connectivity index (χ4v) is 3.83. The predicted molar refractivity (Wildman–Crippen MR) is 76.3 cm³/mol. The SMILES string of the molecule is C=CC1(c2ccc(Br)cc2)C(O)C2CCN1CC2. The predicted octanol–water partition coefficient (Wildman–Crippen LogP) is 2.92. The van der Waals surface area contributed by atoms with Gasteiger partial charge >= 0.3 is 0 Å². The molecule has 2 atom stereocenters. The highest BCUT2D eigenvalue weighted by Gasteiger charge is 2.51. The van der Waals surface area contributed by atoms with E-state index in [1.54, 1.807) is 0 Å². The molecule has 3 saturated heterocycles. The Morgan fingerprint density at radius 2 is 1.89 bits per heavy atom. The number of hydrogen-bond acceptors (Lipinski definition) is 2. The molecule has 2 unspecified atom stereocenters. The van der Waals surface area contributed by atoms with Gasteiger partial charge in [-0.2, -0.15) is 0 Å². The molecule has 0 radical (unpaired) electrons. The van der Waals surface area contributed by atoms with E-state index in [1.165, 1.54) is 0 Å². The van der Waals surface area contributed by atoms with E-state index >= 15 is 0 Å².